The van der Waals surface area contributed by atoms with Crippen LogP contribution in [0, 0.1) is 9.39 Å². The highest BCUT2D eigenvalue weighted by Gasteiger charge is 2.35. The van der Waals surface area contributed by atoms with Crippen LogP contribution in [-0.4, -0.2) is 34.5 Å². The van der Waals surface area contributed by atoms with Crippen molar-refractivity contribution in [3.05, 3.63) is 33.1 Å². The number of aliphatic carboxylic acids is 1. The van der Waals surface area contributed by atoms with Crippen molar-refractivity contribution < 1.29 is 19.1 Å². The van der Waals surface area contributed by atoms with E-state index in [9.17, 15) is 14.0 Å². The monoisotopic (exact) mass is 363 g/mol. The maximum Gasteiger partial charge on any atom is 0.326 e. The van der Waals surface area contributed by atoms with Crippen LogP contribution in [-0.2, 0) is 4.79 Å². The number of likely N-dealkylation sites (tertiary alicyclic amines) is 1. The number of carbonyl (C=O) groups excluding carboxylic acids is 1. The first-order chi connectivity index (χ1) is 8.50. The molecular weight excluding hydrogens is 352 g/mol. The SMILES string of the molecule is O=C(O)[C@@H]1CCCN1C(=O)c1cc(F)ccc1I. The fourth-order valence-corrected chi connectivity index (χ4v) is 2.65. The molecule has 0 unspecified atom stereocenters. The maximum atomic E-state index is 13.2. The van der Waals surface area contributed by atoms with E-state index in [2.05, 4.69) is 0 Å². The summed E-state index contributed by atoms with van der Waals surface area (Å²) in [5.74, 6) is -1.92. The second-order valence-corrected chi connectivity index (χ2v) is 5.28. The molecule has 0 radical (unpaired) electrons. The van der Waals surface area contributed by atoms with Crippen LogP contribution in [0.3, 0.4) is 0 Å². The zero-order chi connectivity index (χ0) is 13.3. The molecule has 0 bridgehead atoms. The lowest BCUT2D eigenvalue weighted by Gasteiger charge is -2.22. The van der Waals surface area contributed by atoms with Crippen molar-refractivity contribution >= 4 is 34.5 Å². The molecule has 1 amide bonds. The van der Waals surface area contributed by atoms with Gasteiger partial charge < -0.3 is 10.0 Å². The topological polar surface area (TPSA) is 57.6 Å². The zero-order valence-corrected chi connectivity index (χ0v) is 11.6. The molecule has 6 heteroatoms. The molecule has 0 aliphatic carbocycles. The molecule has 0 saturated carbocycles. The molecule has 96 valence electrons. The summed E-state index contributed by atoms with van der Waals surface area (Å²) in [4.78, 5) is 24.6. The fourth-order valence-electron chi connectivity index (χ4n) is 2.08. The van der Waals surface area contributed by atoms with Gasteiger partial charge in [-0.3, -0.25) is 4.79 Å². The minimum atomic E-state index is -1.01. The molecule has 4 nitrogen and oxygen atoms in total. The number of carboxylic acids is 1. The Morgan fingerprint density at radius 2 is 2.17 bits per heavy atom. The third-order valence-electron chi connectivity index (χ3n) is 2.96. The lowest BCUT2D eigenvalue weighted by Crippen LogP contribution is -2.40. The molecule has 1 fully saturated rings. The number of nitrogens with zero attached hydrogens (tertiary/aromatic N) is 1. The van der Waals surface area contributed by atoms with Crippen LogP contribution in [0.2, 0.25) is 0 Å². The quantitative estimate of drug-likeness (QED) is 0.819. The van der Waals surface area contributed by atoms with Crippen LogP contribution in [0.5, 0.6) is 0 Å². The third-order valence-corrected chi connectivity index (χ3v) is 3.90. The Labute approximate surface area is 117 Å². The van der Waals surface area contributed by atoms with Crippen LogP contribution in [0.15, 0.2) is 18.2 Å². The summed E-state index contributed by atoms with van der Waals surface area (Å²) in [6.45, 7) is 0.405. The van der Waals surface area contributed by atoms with Crippen LogP contribution in [0.4, 0.5) is 4.39 Å². The van der Waals surface area contributed by atoms with Crippen molar-refractivity contribution in [2.45, 2.75) is 18.9 Å². The van der Waals surface area contributed by atoms with Crippen molar-refractivity contribution in [2.75, 3.05) is 6.54 Å². The van der Waals surface area contributed by atoms with Gasteiger partial charge in [0.2, 0.25) is 0 Å². The molecule has 18 heavy (non-hydrogen) atoms. The number of benzene rings is 1. The number of hydrogen-bond acceptors (Lipinski definition) is 2. The summed E-state index contributed by atoms with van der Waals surface area (Å²) >= 11 is 1.94. The number of carboxylic acid groups (broad SMARTS) is 1. The Kier molecular flexibility index (Phi) is 3.84. The van der Waals surface area contributed by atoms with E-state index >= 15 is 0 Å². The summed E-state index contributed by atoms with van der Waals surface area (Å²) in [7, 11) is 0. The predicted octanol–water partition coefficient (Wildman–Crippen LogP) is 2.12. The first-order valence-corrected chi connectivity index (χ1v) is 6.57. The largest absolute Gasteiger partial charge is 0.480 e. The standard InChI is InChI=1S/C12H11FINO3/c13-7-3-4-9(14)8(6-7)11(16)15-5-1-2-10(15)12(17)18/h3-4,6,10H,1-2,5H2,(H,17,18)/t10-/m0/s1. The smallest absolute Gasteiger partial charge is 0.326 e. The first-order valence-electron chi connectivity index (χ1n) is 5.49. The average molecular weight is 363 g/mol. The Morgan fingerprint density at radius 1 is 1.44 bits per heavy atom. The third kappa shape index (κ3) is 2.47. The van der Waals surface area contributed by atoms with E-state index in [1.165, 1.54) is 17.0 Å². The van der Waals surface area contributed by atoms with Gasteiger partial charge in [0.1, 0.15) is 11.9 Å². The van der Waals surface area contributed by atoms with Crippen LogP contribution < -0.4 is 0 Å². The van der Waals surface area contributed by atoms with Crippen molar-refractivity contribution in [3.63, 3.8) is 0 Å². The Morgan fingerprint density at radius 3 is 2.83 bits per heavy atom. The maximum absolute atomic E-state index is 13.2. The van der Waals surface area contributed by atoms with E-state index in [4.69, 9.17) is 5.11 Å². The van der Waals surface area contributed by atoms with Crippen molar-refractivity contribution in [3.8, 4) is 0 Å². The van der Waals surface area contributed by atoms with Crippen molar-refractivity contribution in [2.24, 2.45) is 0 Å². The molecule has 1 aliphatic heterocycles. The number of rotatable bonds is 2. The zero-order valence-electron chi connectivity index (χ0n) is 9.40. The number of carbonyl (C=O) groups is 2. The molecule has 2 rings (SSSR count). The molecule has 1 heterocycles. The van der Waals surface area contributed by atoms with Gasteiger partial charge in [-0.15, -0.1) is 0 Å². The summed E-state index contributed by atoms with van der Waals surface area (Å²) in [5, 5.41) is 9.03. The van der Waals surface area contributed by atoms with E-state index < -0.39 is 23.7 Å². The van der Waals surface area contributed by atoms with Gasteiger partial charge in [0.15, 0.2) is 0 Å². The summed E-state index contributed by atoms with van der Waals surface area (Å²) in [6.07, 6.45) is 1.11. The van der Waals surface area contributed by atoms with Gasteiger partial charge in [-0.2, -0.15) is 0 Å². The lowest BCUT2D eigenvalue weighted by molar-refractivity contribution is -0.141. The molecule has 1 aromatic carbocycles. The highest BCUT2D eigenvalue weighted by molar-refractivity contribution is 14.1. The number of amides is 1. The molecule has 1 atom stereocenters. The van der Waals surface area contributed by atoms with Gasteiger partial charge in [-0.05, 0) is 53.6 Å². The van der Waals surface area contributed by atoms with E-state index in [-0.39, 0.29) is 5.56 Å². The molecule has 0 spiro atoms. The summed E-state index contributed by atoms with van der Waals surface area (Å²) in [6, 6.07) is 3.14. The lowest BCUT2D eigenvalue weighted by atomic mass is 10.1. The van der Waals surface area contributed by atoms with Crippen molar-refractivity contribution in [1.29, 1.82) is 0 Å². The van der Waals surface area contributed by atoms with Crippen LogP contribution in [0.25, 0.3) is 0 Å². The summed E-state index contributed by atoms with van der Waals surface area (Å²) < 4.78 is 13.8. The summed E-state index contributed by atoms with van der Waals surface area (Å²) in [5.41, 5.74) is 0.226. The minimum absolute atomic E-state index is 0.226. The Hall–Kier alpha value is -1.18. The van der Waals surface area contributed by atoms with Crippen LogP contribution >= 0.6 is 22.6 Å². The average Bonchev–Trinajstić information content (AvgIpc) is 2.80. The molecule has 1 aliphatic rings. The molecular formula is C12H11FINO3. The van der Waals surface area contributed by atoms with E-state index in [1.54, 1.807) is 0 Å². The second kappa shape index (κ2) is 5.21. The van der Waals surface area contributed by atoms with Crippen LogP contribution in [0.1, 0.15) is 23.2 Å². The second-order valence-electron chi connectivity index (χ2n) is 4.12. The van der Waals surface area contributed by atoms with Gasteiger partial charge in [-0.1, -0.05) is 0 Å². The first kappa shape index (κ1) is 13.3. The normalized spacial score (nSPS) is 19.0. The predicted molar refractivity (Wildman–Crippen MR) is 70.8 cm³/mol. The Bertz CT molecular complexity index is 506. The van der Waals surface area contributed by atoms with Gasteiger partial charge >= 0.3 is 5.97 Å². The molecule has 1 saturated heterocycles. The minimum Gasteiger partial charge on any atom is -0.480 e. The Balaban J connectivity index is 2.31. The van der Waals surface area contributed by atoms with E-state index in [1.807, 2.05) is 22.6 Å². The van der Waals surface area contributed by atoms with E-state index in [0.29, 0.717) is 23.0 Å². The highest BCUT2D eigenvalue weighted by atomic mass is 127. The number of halogens is 2. The van der Waals surface area contributed by atoms with Gasteiger partial charge in [-0.25, -0.2) is 9.18 Å². The van der Waals surface area contributed by atoms with Gasteiger partial charge in [0.05, 0.1) is 5.56 Å². The highest BCUT2D eigenvalue weighted by Crippen LogP contribution is 2.23. The molecule has 1 aromatic rings. The molecule has 1 N–H and O–H groups in total. The molecule has 0 aromatic heterocycles. The number of hydrogen-bond donors (Lipinski definition) is 1. The van der Waals surface area contributed by atoms with Gasteiger partial charge in [0.25, 0.3) is 5.91 Å². The van der Waals surface area contributed by atoms with Crippen molar-refractivity contribution in [1.82, 2.24) is 4.90 Å². The van der Waals surface area contributed by atoms with E-state index in [0.717, 1.165) is 6.07 Å². The fraction of sp³-hybridized carbons (Fsp3) is 0.333. The van der Waals surface area contributed by atoms with Gasteiger partial charge in [0, 0.05) is 10.1 Å².